The molecule has 0 saturated carbocycles. The van der Waals surface area contributed by atoms with Crippen LogP contribution in [-0.2, 0) is 5.75 Å². The molecule has 166 valence electrons. The average Bonchev–Trinajstić information content (AvgIpc) is 3.33. The van der Waals surface area contributed by atoms with Crippen LogP contribution < -0.4 is 0 Å². The van der Waals surface area contributed by atoms with Crippen LogP contribution >= 0.6 is 11.8 Å². The third-order valence-corrected chi connectivity index (χ3v) is 7.72. The van der Waals surface area contributed by atoms with Gasteiger partial charge in [-0.15, -0.1) is 0 Å². The summed E-state index contributed by atoms with van der Waals surface area (Å²) in [6, 6.07) is 43.4. The molecule has 3 heteroatoms. The van der Waals surface area contributed by atoms with E-state index in [9.17, 15) is 0 Å². The molecule has 6 aromatic rings. The van der Waals surface area contributed by atoms with Crippen molar-refractivity contribution in [2.24, 2.45) is 0 Å². The highest BCUT2D eigenvalue weighted by Gasteiger charge is 2.22. The molecule has 0 saturated heterocycles. The van der Waals surface area contributed by atoms with Crippen LogP contribution in [0.5, 0.6) is 0 Å². The molecule has 0 fully saturated rings. The fraction of sp³-hybridized carbons (Fsp3) is 0.0312. The topological polar surface area (TPSA) is 17.8 Å². The van der Waals surface area contributed by atoms with Crippen LogP contribution in [-0.4, -0.2) is 9.55 Å². The number of hydrogen-bond donors (Lipinski definition) is 0. The van der Waals surface area contributed by atoms with Crippen molar-refractivity contribution in [2.45, 2.75) is 10.9 Å². The summed E-state index contributed by atoms with van der Waals surface area (Å²) in [6.07, 6.45) is 0. The van der Waals surface area contributed by atoms with Gasteiger partial charge < -0.3 is 0 Å². The van der Waals surface area contributed by atoms with E-state index in [1.807, 2.05) is 11.8 Å². The number of para-hydroxylation sites is 2. The van der Waals surface area contributed by atoms with Crippen LogP contribution in [0.4, 0.5) is 0 Å². The summed E-state index contributed by atoms with van der Waals surface area (Å²) in [5.74, 6) is 0.935. The largest absolute Gasteiger partial charge is 0.287 e. The van der Waals surface area contributed by atoms with Crippen molar-refractivity contribution in [3.63, 3.8) is 0 Å². The molecule has 0 spiro atoms. The van der Waals surface area contributed by atoms with Gasteiger partial charge in [0.2, 0.25) is 0 Å². The number of thioether (sulfide) groups is 1. The number of rotatable bonds is 3. The lowest BCUT2D eigenvalue weighted by molar-refractivity contribution is 0.895. The van der Waals surface area contributed by atoms with Gasteiger partial charge in [0.05, 0.1) is 16.7 Å². The second-order valence-electron chi connectivity index (χ2n) is 8.81. The molecule has 0 N–H and O–H groups in total. The Hall–Kier alpha value is -4.08. The summed E-state index contributed by atoms with van der Waals surface area (Å²) < 4.78 is 2.33. The number of imidazole rings is 1. The van der Waals surface area contributed by atoms with Crippen LogP contribution in [0.15, 0.2) is 126 Å². The zero-order valence-electron chi connectivity index (χ0n) is 19.1. The molecule has 0 radical (unpaired) electrons. The van der Waals surface area contributed by atoms with Crippen LogP contribution in [0.25, 0.3) is 50.1 Å². The van der Waals surface area contributed by atoms with Gasteiger partial charge in [-0.05, 0) is 57.1 Å². The van der Waals surface area contributed by atoms with Crippen LogP contribution in [0, 0.1) is 0 Å². The SMILES string of the molecule is c1ccc(-c2cccc(-c3ccccc3)c2-c2ccc3c(c2)-n2c(nc4ccccc42)SC3)cc1. The Morgan fingerprint density at radius 1 is 0.600 bits per heavy atom. The second kappa shape index (κ2) is 8.30. The van der Waals surface area contributed by atoms with E-state index in [1.165, 1.54) is 44.6 Å². The molecule has 0 bridgehead atoms. The Balaban J connectivity index is 1.51. The lowest BCUT2D eigenvalue weighted by Crippen LogP contribution is -2.06. The molecule has 0 amide bonds. The molecule has 1 aromatic heterocycles. The fourth-order valence-corrected chi connectivity index (χ4v) is 6.12. The van der Waals surface area contributed by atoms with Crippen molar-refractivity contribution >= 4 is 22.8 Å². The van der Waals surface area contributed by atoms with Gasteiger partial charge >= 0.3 is 0 Å². The summed E-state index contributed by atoms with van der Waals surface area (Å²) in [7, 11) is 0. The Bertz CT molecular complexity index is 1630. The first-order valence-corrected chi connectivity index (χ1v) is 12.8. The number of hydrogen-bond acceptors (Lipinski definition) is 2. The second-order valence-corrected chi connectivity index (χ2v) is 9.75. The van der Waals surface area contributed by atoms with Crippen LogP contribution in [0.2, 0.25) is 0 Å². The molecule has 35 heavy (non-hydrogen) atoms. The Morgan fingerprint density at radius 3 is 1.97 bits per heavy atom. The quantitative estimate of drug-likeness (QED) is 0.260. The highest BCUT2D eigenvalue weighted by molar-refractivity contribution is 7.98. The Labute approximate surface area is 208 Å². The lowest BCUT2D eigenvalue weighted by atomic mass is 9.87. The zero-order chi connectivity index (χ0) is 23.2. The number of benzene rings is 5. The van der Waals surface area contributed by atoms with Crippen molar-refractivity contribution in [3.8, 4) is 39.1 Å². The van der Waals surface area contributed by atoms with E-state index in [-0.39, 0.29) is 0 Å². The summed E-state index contributed by atoms with van der Waals surface area (Å²) in [6.45, 7) is 0. The first kappa shape index (κ1) is 20.3. The van der Waals surface area contributed by atoms with Gasteiger partial charge in [0.1, 0.15) is 0 Å². The van der Waals surface area contributed by atoms with Gasteiger partial charge in [-0.2, -0.15) is 0 Å². The molecule has 0 atom stereocenters. The predicted molar refractivity (Wildman–Crippen MR) is 147 cm³/mol. The molecule has 1 aliphatic rings. The number of aromatic nitrogens is 2. The first-order chi connectivity index (χ1) is 17.4. The fourth-order valence-electron chi connectivity index (χ4n) is 5.11. The molecule has 1 aliphatic heterocycles. The van der Waals surface area contributed by atoms with Gasteiger partial charge in [0.25, 0.3) is 0 Å². The van der Waals surface area contributed by atoms with E-state index >= 15 is 0 Å². The smallest absolute Gasteiger partial charge is 0.174 e. The highest BCUT2D eigenvalue weighted by Crippen LogP contribution is 2.43. The average molecular weight is 467 g/mol. The molecular weight excluding hydrogens is 444 g/mol. The third-order valence-electron chi connectivity index (χ3n) is 6.74. The normalized spacial score (nSPS) is 12.3. The van der Waals surface area contributed by atoms with Crippen molar-refractivity contribution in [3.05, 3.63) is 127 Å². The van der Waals surface area contributed by atoms with E-state index in [0.717, 1.165) is 21.9 Å². The summed E-state index contributed by atoms with van der Waals surface area (Å²) in [4.78, 5) is 4.91. The van der Waals surface area contributed by atoms with Crippen LogP contribution in [0.3, 0.4) is 0 Å². The maximum atomic E-state index is 4.91. The molecule has 2 heterocycles. The first-order valence-electron chi connectivity index (χ1n) is 11.8. The standard InChI is InChI=1S/C32H22N2S/c1-3-10-22(11-4-1)26-14-9-15-27(23-12-5-2-6-13-23)31(26)24-18-19-25-21-35-32-33-28-16-7-8-17-29(28)34(32)30(25)20-24/h1-20H,21H2. The van der Waals surface area contributed by atoms with Crippen LogP contribution in [0.1, 0.15) is 5.56 Å². The van der Waals surface area contributed by atoms with E-state index < -0.39 is 0 Å². The molecular formula is C32H22N2S. The third kappa shape index (κ3) is 3.39. The van der Waals surface area contributed by atoms with Crippen molar-refractivity contribution in [1.29, 1.82) is 0 Å². The van der Waals surface area contributed by atoms with Gasteiger partial charge in [-0.3, -0.25) is 4.57 Å². The minimum atomic E-state index is 0.935. The van der Waals surface area contributed by atoms with Gasteiger partial charge in [0, 0.05) is 5.75 Å². The van der Waals surface area contributed by atoms with Gasteiger partial charge in [0.15, 0.2) is 5.16 Å². The van der Waals surface area contributed by atoms with Crippen molar-refractivity contribution < 1.29 is 0 Å². The summed E-state index contributed by atoms with van der Waals surface area (Å²) >= 11 is 1.81. The minimum absolute atomic E-state index is 0.935. The van der Waals surface area contributed by atoms with E-state index in [4.69, 9.17) is 4.98 Å². The van der Waals surface area contributed by atoms with E-state index in [1.54, 1.807) is 0 Å². The van der Waals surface area contributed by atoms with E-state index in [0.29, 0.717) is 0 Å². The van der Waals surface area contributed by atoms with Gasteiger partial charge in [-0.1, -0.05) is 115 Å². The Kier molecular flexibility index (Phi) is 4.81. The number of fused-ring (bicyclic) bond motifs is 5. The molecule has 7 rings (SSSR count). The zero-order valence-corrected chi connectivity index (χ0v) is 19.9. The Morgan fingerprint density at radius 2 is 1.26 bits per heavy atom. The molecule has 0 unspecified atom stereocenters. The highest BCUT2D eigenvalue weighted by atomic mass is 32.2. The van der Waals surface area contributed by atoms with E-state index in [2.05, 4.69) is 126 Å². The molecule has 2 nitrogen and oxygen atoms in total. The minimum Gasteiger partial charge on any atom is -0.287 e. The maximum Gasteiger partial charge on any atom is 0.174 e. The van der Waals surface area contributed by atoms with Crippen molar-refractivity contribution in [1.82, 2.24) is 9.55 Å². The molecule has 0 aliphatic carbocycles. The van der Waals surface area contributed by atoms with Crippen molar-refractivity contribution in [2.75, 3.05) is 0 Å². The summed E-state index contributed by atoms with van der Waals surface area (Å²) in [5.41, 5.74) is 12.2. The maximum absolute atomic E-state index is 4.91. The monoisotopic (exact) mass is 466 g/mol. The number of nitrogens with zero attached hydrogens (tertiary/aromatic N) is 2. The lowest BCUT2D eigenvalue weighted by Gasteiger charge is -2.22. The summed E-state index contributed by atoms with van der Waals surface area (Å²) in [5, 5.41) is 1.07. The predicted octanol–water partition coefficient (Wildman–Crippen LogP) is 8.63. The van der Waals surface area contributed by atoms with Gasteiger partial charge in [-0.25, -0.2) is 4.98 Å². The molecule has 5 aromatic carbocycles.